The van der Waals surface area contributed by atoms with Gasteiger partial charge >= 0.3 is 0 Å². The summed E-state index contributed by atoms with van der Waals surface area (Å²) in [5.74, 6) is -0.243. The van der Waals surface area contributed by atoms with Gasteiger partial charge in [0.05, 0.1) is 0 Å². The van der Waals surface area contributed by atoms with Gasteiger partial charge in [0.1, 0.15) is 11.6 Å². The molecule has 0 aromatic heterocycles. The molecule has 0 bridgehead atoms. The minimum atomic E-state index is -0.329. The van der Waals surface area contributed by atoms with Gasteiger partial charge in [0.25, 0.3) is 0 Å². The fraction of sp³-hybridized carbons (Fsp3) is 0.455. The monoisotopic (exact) mass is 197 g/mol. The van der Waals surface area contributed by atoms with Crippen LogP contribution in [0.1, 0.15) is 24.0 Å². The molecule has 0 aliphatic rings. The number of rotatable bonds is 4. The van der Waals surface area contributed by atoms with E-state index in [1.165, 1.54) is 6.07 Å². The van der Waals surface area contributed by atoms with Crippen molar-refractivity contribution in [1.82, 2.24) is 0 Å². The van der Waals surface area contributed by atoms with Crippen molar-refractivity contribution in [2.75, 3.05) is 6.54 Å². The second-order valence-corrected chi connectivity index (χ2v) is 3.44. The molecule has 0 fully saturated rings. The zero-order chi connectivity index (χ0) is 10.6. The number of phenolic OH excluding ortho intramolecular Hbond substituents is 1. The molecule has 1 aromatic rings. The Morgan fingerprint density at radius 1 is 1.36 bits per heavy atom. The van der Waals surface area contributed by atoms with E-state index in [2.05, 4.69) is 0 Å². The highest BCUT2D eigenvalue weighted by atomic mass is 19.1. The summed E-state index contributed by atoms with van der Waals surface area (Å²) in [6.07, 6.45) is 2.22. The molecule has 0 atom stereocenters. The predicted octanol–water partition coefficient (Wildman–Crippen LogP) is 2.12. The molecule has 0 saturated carbocycles. The lowest BCUT2D eigenvalue weighted by Crippen LogP contribution is -2.00. The summed E-state index contributed by atoms with van der Waals surface area (Å²) in [4.78, 5) is 0. The zero-order valence-electron chi connectivity index (χ0n) is 8.39. The first-order valence-electron chi connectivity index (χ1n) is 4.84. The molecular formula is C11H16FNO. The summed E-state index contributed by atoms with van der Waals surface area (Å²) >= 11 is 0. The van der Waals surface area contributed by atoms with Gasteiger partial charge in [-0.25, -0.2) is 4.39 Å². The maximum atomic E-state index is 13.3. The second kappa shape index (κ2) is 4.96. The number of aromatic hydroxyl groups is 1. The molecule has 2 nitrogen and oxygen atoms in total. The van der Waals surface area contributed by atoms with Crippen LogP contribution in [0.25, 0.3) is 0 Å². The number of halogens is 1. The van der Waals surface area contributed by atoms with Crippen molar-refractivity contribution in [1.29, 1.82) is 0 Å². The van der Waals surface area contributed by atoms with Crippen molar-refractivity contribution in [2.24, 2.45) is 5.73 Å². The zero-order valence-corrected chi connectivity index (χ0v) is 8.39. The van der Waals surface area contributed by atoms with E-state index in [0.29, 0.717) is 24.1 Å². The fourth-order valence-electron chi connectivity index (χ4n) is 1.41. The third-order valence-electron chi connectivity index (χ3n) is 2.31. The van der Waals surface area contributed by atoms with E-state index >= 15 is 0 Å². The van der Waals surface area contributed by atoms with E-state index in [1.54, 1.807) is 13.0 Å². The molecule has 0 unspecified atom stereocenters. The molecule has 14 heavy (non-hydrogen) atoms. The predicted molar refractivity (Wildman–Crippen MR) is 54.8 cm³/mol. The summed E-state index contributed by atoms with van der Waals surface area (Å²) in [5.41, 5.74) is 6.47. The number of phenols is 1. The molecule has 0 spiro atoms. The van der Waals surface area contributed by atoms with Crippen molar-refractivity contribution in [2.45, 2.75) is 26.2 Å². The highest BCUT2D eigenvalue weighted by Crippen LogP contribution is 2.25. The first kappa shape index (κ1) is 11.0. The smallest absolute Gasteiger partial charge is 0.130 e. The quantitative estimate of drug-likeness (QED) is 0.726. The number of unbranched alkanes of at least 4 members (excludes halogenated alkanes) is 1. The molecular weight excluding hydrogens is 181 g/mol. The van der Waals surface area contributed by atoms with Crippen LogP contribution >= 0.6 is 0 Å². The average molecular weight is 197 g/mol. The first-order valence-corrected chi connectivity index (χ1v) is 4.84. The molecule has 0 aliphatic carbocycles. The van der Waals surface area contributed by atoms with Crippen LogP contribution in [0.15, 0.2) is 12.1 Å². The van der Waals surface area contributed by atoms with Crippen molar-refractivity contribution in [3.8, 4) is 5.75 Å². The number of benzene rings is 1. The van der Waals surface area contributed by atoms with Gasteiger partial charge in [-0.3, -0.25) is 0 Å². The van der Waals surface area contributed by atoms with Gasteiger partial charge in [-0.15, -0.1) is 0 Å². The highest BCUT2D eigenvalue weighted by molar-refractivity contribution is 5.40. The average Bonchev–Trinajstić information content (AvgIpc) is 2.18. The lowest BCUT2D eigenvalue weighted by Gasteiger charge is -2.07. The lowest BCUT2D eigenvalue weighted by molar-refractivity contribution is 0.452. The molecule has 0 saturated heterocycles. The Balaban J connectivity index is 2.79. The third-order valence-corrected chi connectivity index (χ3v) is 2.31. The van der Waals surface area contributed by atoms with Crippen molar-refractivity contribution in [3.05, 3.63) is 29.1 Å². The van der Waals surface area contributed by atoms with Crippen LogP contribution in [0.2, 0.25) is 0 Å². The van der Waals surface area contributed by atoms with Crippen LogP contribution in [0.4, 0.5) is 4.39 Å². The van der Waals surface area contributed by atoms with Gasteiger partial charge < -0.3 is 10.8 Å². The maximum absolute atomic E-state index is 13.3. The van der Waals surface area contributed by atoms with Crippen LogP contribution in [0.5, 0.6) is 5.75 Å². The van der Waals surface area contributed by atoms with E-state index in [-0.39, 0.29) is 11.6 Å². The molecule has 0 amide bonds. The molecule has 1 rings (SSSR count). The van der Waals surface area contributed by atoms with E-state index < -0.39 is 0 Å². The van der Waals surface area contributed by atoms with Gasteiger partial charge in [-0.2, -0.15) is 0 Å². The van der Waals surface area contributed by atoms with E-state index in [4.69, 9.17) is 5.73 Å². The summed E-state index contributed by atoms with van der Waals surface area (Å²) < 4.78 is 13.3. The topological polar surface area (TPSA) is 46.2 Å². The Hall–Kier alpha value is -1.09. The Kier molecular flexibility index (Phi) is 3.89. The van der Waals surface area contributed by atoms with Gasteiger partial charge in [-0.1, -0.05) is 6.07 Å². The van der Waals surface area contributed by atoms with Gasteiger partial charge in [0.15, 0.2) is 0 Å². The van der Waals surface area contributed by atoms with Gasteiger partial charge in [0.2, 0.25) is 0 Å². The number of nitrogens with two attached hydrogens (primary N) is 1. The van der Waals surface area contributed by atoms with Crippen LogP contribution in [-0.4, -0.2) is 11.7 Å². The number of hydrogen-bond acceptors (Lipinski definition) is 2. The molecule has 0 heterocycles. The van der Waals surface area contributed by atoms with Gasteiger partial charge in [-0.05, 0) is 44.4 Å². The molecule has 0 aliphatic heterocycles. The number of aryl methyl sites for hydroxylation is 1. The van der Waals surface area contributed by atoms with Crippen LogP contribution < -0.4 is 5.73 Å². The lowest BCUT2D eigenvalue weighted by atomic mass is 10.0. The molecule has 78 valence electrons. The third kappa shape index (κ3) is 2.45. The van der Waals surface area contributed by atoms with Crippen molar-refractivity contribution >= 4 is 0 Å². The Bertz CT molecular complexity index is 312. The maximum Gasteiger partial charge on any atom is 0.130 e. The van der Waals surface area contributed by atoms with Crippen molar-refractivity contribution < 1.29 is 9.50 Å². The number of hydrogen-bond donors (Lipinski definition) is 2. The summed E-state index contributed by atoms with van der Waals surface area (Å²) in [7, 11) is 0. The summed E-state index contributed by atoms with van der Waals surface area (Å²) in [6.45, 7) is 2.37. The van der Waals surface area contributed by atoms with Crippen molar-refractivity contribution in [3.63, 3.8) is 0 Å². The molecule has 0 radical (unpaired) electrons. The SMILES string of the molecule is Cc1ccc(F)c(CCCCN)c1O. The summed E-state index contributed by atoms with van der Waals surface area (Å²) in [6, 6.07) is 2.98. The normalized spacial score (nSPS) is 10.5. The van der Waals surface area contributed by atoms with E-state index in [0.717, 1.165) is 12.8 Å². The van der Waals surface area contributed by atoms with Crippen LogP contribution in [0.3, 0.4) is 0 Å². The van der Waals surface area contributed by atoms with E-state index in [9.17, 15) is 9.50 Å². The second-order valence-electron chi connectivity index (χ2n) is 3.44. The standard InChI is InChI=1S/C11H16FNO/c1-8-5-6-10(12)9(11(8)14)4-2-3-7-13/h5-6,14H,2-4,7,13H2,1H3. The highest BCUT2D eigenvalue weighted by Gasteiger charge is 2.09. The molecule has 3 N–H and O–H groups in total. The Labute approximate surface area is 83.6 Å². The minimum Gasteiger partial charge on any atom is -0.507 e. The fourth-order valence-corrected chi connectivity index (χ4v) is 1.41. The van der Waals surface area contributed by atoms with Crippen LogP contribution in [0, 0.1) is 12.7 Å². The van der Waals surface area contributed by atoms with Crippen LogP contribution in [-0.2, 0) is 6.42 Å². The van der Waals surface area contributed by atoms with E-state index in [1.807, 2.05) is 0 Å². The van der Waals surface area contributed by atoms with Gasteiger partial charge in [0, 0.05) is 5.56 Å². The molecule has 1 aromatic carbocycles. The largest absolute Gasteiger partial charge is 0.507 e. The Morgan fingerprint density at radius 2 is 2.07 bits per heavy atom. The first-order chi connectivity index (χ1) is 6.66. The molecule has 3 heteroatoms. The minimum absolute atomic E-state index is 0.0852. The Morgan fingerprint density at radius 3 is 2.71 bits per heavy atom. The summed E-state index contributed by atoms with van der Waals surface area (Å²) in [5, 5.41) is 9.61.